The zero-order valence-corrected chi connectivity index (χ0v) is 11.8. The zero-order chi connectivity index (χ0) is 14.0. The predicted octanol–water partition coefficient (Wildman–Crippen LogP) is 1.68. The van der Waals surface area contributed by atoms with Gasteiger partial charge >= 0.3 is 5.97 Å². The Morgan fingerprint density at radius 1 is 1.37 bits per heavy atom. The van der Waals surface area contributed by atoms with E-state index < -0.39 is 11.6 Å². The molecule has 19 heavy (non-hydrogen) atoms. The molecule has 0 aliphatic heterocycles. The van der Waals surface area contributed by atoms with Gasteiger partial charge < -0.3 is 10.5 Å². The maximum absolute atomic E-state index is 11.9. The minimum absolute atomic E-state index is 0.268. The van der Waals surface area contributed by atoms with E-state index in [4.69, 9.17) is 10.5 Å². The summed E-state index contributed by atoms with van der Waals surface area (Å²) in [6.45, 7) is 5.49. The maximum Gasteiger partial charge on any atom is 0.361 e. The van der Waals surface area contributed by atoms with Crippen molar-refractivity contribution < 1.29 is 9.53 Å². The molecular weight excluding hydrogens is 244 g/mol. The van der Waals surface area contributed by atoms with E-state index in [2.05, 4.69) is 10.3 Å². The van der Waals surface area contributed by atoms with Crippen LogP contribution in [-0.2, 0) is 4.74 Å². The molecule has 0 atom stereocenters. The van der Waals surface area contributed by atoms with Crippen molar-refractivity contribution in [2.75, 3.05) is 0 Å². The first-order valence-electron chi connectivity index (χ1n) is 6.76. The van der Waals surface area contributed by atoms with Crippen molar-refractivity contribution in [3.8, 4) is 0 Å². The Balaban J connectivity index is 2.01. The van der Waals surface area contributed by atoms with Crippen LogP contribution in [0.4, 0.5) is 0 Å². The van der Waals surface area contributed by atoms with Crippen molar-refractivity contribution in [1.82, 2.24) is 15.0 Å². The molecule has 0 bridgehead atoms. The van der Waals surface area contributed by atoms with Crippen molar-refractivity contribution in [2.24, 2.45) is 5.73 Å². The highest BCUT2D eigenvalue weighted by Crippen LogP contribution is 2.26. The minimum atomic E-state index is -0.515. The van der Waals surface area contributed by atoms with Gasteiger partial charge in [-0.1, -0.05) is 5.21 Å². The van der Waals surface area contributed by atoms with Crippen molar-refractivity contribution in [1.29, 1.82) is 0 Å². The van der Waals surface area contributed by atoms with E-state index in [0.29, 0.717) is 12.1 Å². The summed E-state index contributed by atoms with van der Waals surface area (Å²) in [4.78, 5) is 11.9. The van der Waals surface area contributed by atoms with Crippen LogP contribution in [0.3, 0.4) is 0 Å². The van der Waals surface area contributed by atoms with Crippen LogP contribution in [0.2, 0.25) is 0 Å². The molecule has 6 nitrogen and oxygen atoms in total. The normalized spacial score (nSPS) is 24.2. The summed E-state index contributed by atoms with van der Waals surface area (Å²) in [5, 5.41) is 7.94. The van der Waals surface area contributed by atoms with Gasteiger partial charge in [-0.05, 0) is 46.5 Å². The Bertz CT molecular complexity index is 442. The van der Waals surface area contributed by atoms with Gasteiger partial charge in [0, 0.05) is 6.04 Å². The molecule has 6 heteroatoms. The topological polar surface area (TPSA) is 83.0 Å². The van der Waals surface area contributed by atoms with Crippen molar-refractivity contribution >= 4 is 5.97 Å². The van der Waals surface area contributed by atoms with E-state index in [1.165, 1.54) is 0 Å². The lowest BCUT2D eigenvalue weighted by Crippen LogP contribution is -2.28. The second-order valence-electron chi connectivity index (χ2n) is 6.15. The fraction of sp³-hybridized carbons (Fsp3) is 0.769. The number of nitrogens with zero attached hydrogens (tertiary/aromatic N) is 3. The summed E-state index contributed by atoms with van der Waals surface area (Å²) >= 11 is 0. The number of carbonyl (C=O) groups excluding carboxylic acids is 1. The SMILES string of the molecule is CC(C)(C)OC(=O)c1cn(C2CCC(N)CC2)nn1. The van der Waals surface area contributed by atoms with Crippen LogP contribution in [0.1, 0.15) is 63.0 Å². The Morgan fingerprint density at radius 2 is 2.00 bits per heavy atom. The molecule has 0 saturated heterocycles. The van der Waals surface area contributed by atoms with Gasteiger partial charge in [-0.2, -0.15) is 0 Å². The van der Waals surface area contributed by atoms with E-state index in [9.17, 15) is 4.79 Å². The van der Waals surface area contributed by atoms with E-state index in [1.807, 2.05) is 20.8 Å². The molecular formula is C13H22N4O2. The van der Waals surface area contributed by atoms with Crippen LogP contribution in [0, 0.1) is 0 Å². The summed E-state index contributed by atoms with van der Waals surface area (Å²) in [6.07, 6.45) is 5.63. The number of hydrogen-bond donors (Lipinski definition) is 1. The predicted molar refractivity (Wildman–Crippen MR) is 70.7 cm³/mol. The molecule has 0 unspecified atom stereocenters. The molecule has 0 aromatic carbocycles. The second-order valence-corrected chi connectivity index (χ2v) is 6.15. The van der Waals surface area contributed by atoms with Crippen LogP contribution in [-0.4, -0.2) is 32.6 Å². The Hall–Kier alpha value is -1.43. The average Bonchev–Trinajstić information content (AvgIpc) is 2.77. The van der Waals surface area contributed by atoms with Gasteiger partial charge in [0.05, 0.1) is 12.2 Å². The van der Waals surface area contributed by atoms with Gasteiger partial charge in [-0.25, -0.2) is 9.48 Å². The Labute approximate surface area is 113 Å². The summed E-state index contributed by atoms with van der Waals surface area (Å²) in [5.74, 6) is -0.425. The van der Waals surface area contributed by atoms with Crippen molar-refractivity contribution in [3.63, 3.8) is 0 Å². The number of aromatic nitrogens is 3. The van der Waals surface area contributed by atoms with Gasteiger partial charge in [0.15, 0.2) is 5.69 Å². The molecule has 1 heterocycles. The van der Waals surface area contributed by atoms with E-state index in [1.54, 1.807) is 10.9 Å². The van der Waals surface area contributed by atoms with E-state index >= 15 is 0 Å². The first-order valence-corrected chi connectivity index (χ1v) is 6.76. The van der Waals surface area contributed by atoms with Gasteiger partial charge in [-0.3, -0.25) is 0 Å². The molecule has 1 aromatic heterocycles. The highest BCUT2D eigenvalue weighted by molar-refractivity contribution is 5.87. The molecule has 1 aromatic rings. The lowest BCUT2D eigenvalue weighted by atomic mass is 9.92. The fourth-order valence-corrected chi connectivity index (χ4v) is 2.25. The molecule has 0 radical (unpaired) electrons. The quantitative estimate of drug-likeness (QED) is 0.823. The molecule has 1 aliphatic rings. The lowest BCUT2D eigenvalue weighted by Gasteiger charge is -2.25. The molecule has 1 saturated carbocycles. The molecule has 2 rings (SSSR count). The molecule has 1 fully saturated rings. The third-order valence-electron chi connectivity index (χ3n) is 3.23. The number of esters is 1. The fourth-order valence-electron chi connectivity index (χ4n) is 2.25. The number of rotatable bonds is 2. The average molecular weight is 266 g/mol. The number of nitrogens with two attached hydrogens (primary N) is 1. The van der Waals surface area contributed by atoms with E-state index in [0.717, 1.165) is 25.7 Å². The summed E-state index contributed by atoms with van der Waals surface area (Å²) in [5.41, 5.74) is 5.63. The van der Waals surface area contributed by atoms with E-state index in [-0.39, 0.29) is 5.69 Å². The van der Waals surface area contributed by atoms with Gasteiger partial charge in [0.2, 0.25) is 0 Å². The van der Waals surface area contributed by atoms with Crippen LogP contribution in [0.15, 0.2) is 6.20 Å². The van der Waals surface area contributed by atoms with Crippen LogP contribution in [0.5, 0.6) is 0 Å². The summed E-state index contributed by atoms with van der Waals surface area (Å²) in [6, 6.07) is 0.591. The minimum Gasteiger partial charge on any atom is -0.455 e. The van der Waals surface area contributed by atoms with Gasteiger partial charge in [0.1, 0.15) is 5.60 Å². The summed E-state index contributed by atoms with van der Waals surface area (Å²) in [7, 11) is 0. The van der Waals surface area contributed by atoms with Gasteiger partial charge in [-0.15, -0.1) is 5.10 Å². The highest BCUT2D eigenvalue weighted by Gasteiger charge is 2.24. The molecule has 0 spiro atoms. The van der Waals surface area contributed by atoms with Gasteiger partial charge in [0.25, 0.3) is 0 Å². The standard InChI is InChI=1S/C13H22N4O2/c1-13(2,3)19-12(18)11-8-17(16-15-11)10-6-4-9(14)5-7-10/h8-10H,4-7,14H2,1-3H3. The monoisotopic (exact) mass is 266 g/mol. The maximum atomic E-state index is 11.9. The Morgan fingerprint density at radius 3 is 2.58 bits per heavy atom. The lowest BCUT2D eigenvalue weighted by molar-refractivity contribution is 0.00627. The molecule has 106 valence electrons. The van der Waals surface area contributed by atoms with Crippen molar-refractivity contribution in [3.05, 3.63) is 11.9 Å². The second kappa shape index (κ2) is 5.28. The summed E-state index contributed by atoms with van der Waals surface area (Å²) < 4.78 is 7.04. The number of hydrogen-bond acceptors (Lipinski definition) is 5. The smallest absolute Gasteiger partial charge is 0.361 e. The molecule has 1 aliphatic carbocycles. The molecule has 2 N–H and O–H groups in total. The first kappa shape index (κ1) is 14.0. The third kappa shape index (κ3) is 3.76. The number of ether oxygens (including phenoxy) is 1. The van der Waals surface area contributed by atoms with Crippen LogP contribution >= 0.6 is 0 Å². The number of carbonyl (C=O) groups is 1. The third-order valence-corrected chi connectivity index (χ3v) is 3.23. The first-order chi connectivity index (χ1) is 8.85. The highest BCUT2D eigenvalue weighted by atomic mass is 16.6. The van der Waals surface area contributed by atoms with Crippen LogP contribution in [0.25, 0.3) is 0 Å². The van der Waals surface area contributed by atoms with Crippen LogP contribution < -0.4 is 5.73 Å². The largest absolute Gasteiger partial charge is 0.455 e. The Kier molecular flexibility index (Phi) is 3.89. The molecule has 0 amide bonds. The van der Waals surface area contributed by atoms with Crippen molar-refractivity contribution in [2.45, 2.75) is 64.1 Å². The zero-order valence-electron chi connectivity index (χ0n) is 11.8.